The van der Waals surface area contributed by atoms with E-state index in [1.165, 1.54) is 18.2 Å². The normalized spacial score (nSPS) is 19.1. The zero-order valence-electron chi connectivity index (χ0n) is 10.0. The van der Waals surface area contributed by atoms with Gasteiger partial charge in [-0.25, -0.2) is 0 Å². The molecule has 1 atom stereocenters. The average molecular weight is 320 g/mol. The Morgan fingerprint density at radius 3 is 2.35 bits per heavy atom. The lowest BCUT2D eigenvalue weighted by atomic mass is 9.96. The number of nitrogens with two attached hydrogens (primary N) is 1. The highest BCUT2D eigenvalue weighted by atomic mass is 32.2. The van der Waals surface area contributed by atoms with Gasteiger partial charge in [0.25, 0.3) is 20.2 Å². The first kappa shape index (κ1) is 14.9. The van der Waals surface area contributed by atoms with Gasteiger partial charge >= 0.3 is 0 Å². The van der Waals surface area contributed by atoms with Crippen molar-refractivity contribution in [3.05, 3.63) is 34.2 Å². The molecular weight excluding hydrogens is 308 g/mol. The summed E-state index contributed by atoms with van der Waals surface area (Å²) in [5, 5.41) is -1.45. The van der Waals surface area contributed by atoms with Crippen LogP contribution in [0.1, 0.15) is 22.8 Å². The molecule has 5 N–H and O–H groups in total. The van der Waals surface area contributed by atoms with Crippen molar-refractivity contribution < 1.29 is 25.9 Å². The molecule has 0 fully saturated rings. The second-order valence-electron chi connectivity index (χ2n) is 4.28. The summed E-state index contributed by atoms with van der Waals surface area (Å²) in [4.78, 5) is -0.484. The minimum atomic E-state index is -4.55. The molecule has 1 aromatic rings. The number of fused-ring (bicyclic) bond motifs is 1. The second-order valence-corrected chi connectivity index (χ2v) is 7.35. The zero-order chi connectivity index (χ0) is 15.1. The fourth-order valence-corrected chi connectivity index (χ4v) is 3.74. The van der Waals surface area contributed by atoms with E-state index in [2.05, 4.69) is 5.43 Å². The summed E-state index contributed by atoms with van der Waals surface area (Å²) in [7, 11) is -9.07. The largest absolute Gasteiger partial charge is 0.324 e. The lowest BCUT2D eigenvalue weighted by Gasteiger charge is -2.22. The number of nitrogens with one attached hydrogen (secondary N) is 1. The highest BCUT2D eigenvalue weighted by Crippen LogP contribution is 2.39. The first-order valence-corrected chi connectivity index (χ1v) is 8.32. The molecule has 110 valence electrons. The van der Waals surface area contributed by atoms with Crippen molar-refractivity contribution >= 4 is 32.0 Å². The number of benzene rings is 1. The number of hydrazine groups is 1. The summed E-state index contributed by atoms with van der Waals surface area (Å²) in [5.74, 6) is 5.22. The van der Waals surface area contributed by atoms with Gasteiger partial charge in [0.1, 0.15) is 5.25 Å². The van der Waals surface area contributed by atoms with Gasteiger partial charge in [0, 0.05) is 12.1 Å². The molecular formula is C10H12N2O6S2. The molecule has 0 saturated heterocycles. The molecule has 1 aliphatic rings. The van der Waals surface area contributed by atoms with E-state index < -0.39 is 36.8 Å². The van der Waals surface area contributed by atoms with Crippen LogP contribution >= 0.6 is 0 Å². The van der Waals surface area contributed by atoms with Crippen LogP contribution in [0.5, 0.6) is 0 Å². The fourth-order valence-electron chi connectivity index (χ4n) is 2.05. The third-order valence-electron chi connectivity index (χ3n) is 2.99. The van der Waals surface area contributed by atoms with Gasteiger partial charge in [-0.3, -0.25) is 14.9 Å². The van der Waals surface area contributed by atoms with Crippen LogP contribution in [0.4, 0.5) is 5.69 Å². The smallest absolute Gasteiger partial charge is 0.290 e. The van der Waals surface area contributed by atoms with Gasteiger partial charge < -0.3 is 5.43 Å². The van der Waals surface area contributed by atoms with Crippen molar-refractivity contribution in [1.29, 1.82) is 0 Å². The predicted molar refractivity (Wildman–Crippen MR) is 72.7 cm³/mol. The van der Waals surface area contributed by atoms with E-state index in [1.54, 1.807) is 0 Å². The van der Waals surface area contributed by atoms with Crippen LogP contribution in [0.15, 0.2) is 23.1 Å². The van der Waals surface area contributed by atoms with Crippen LogP contribution in [0.2, 0.25) is 0 Å². The first-order valence-electron chi connectivity index (χ1n) is 5.38. The summed E-state index contributed by atoms with van der Waals surface area (Å²) < 4.78 is 63.5. The van der Waals surface area contributed by atoms with Crippen LogP contribution in [-0.4, -0.2) is 25.9 Å². The number of hydrogen-bond donors (Lipinski definition) is 4. The quantitative estimate of drug-likeness (QED) is 0.358. The van der Waals surface area contributed by atoms with Crippen LogP contribution in [-0.2, 0) is 20.2 Å². The van der Waals surface area contributed by atoms with Crippen LogP contribution in [0.25, 0.3) is 6.08 Å². The van der Waals surface area contributed by atoms with E-state index in [0.29, 0.717) is 5.69 Å². The molecule has 20 heavy (non-hydrogen) atoms. The van der Waals surface area contributed by atoms with Gasteiger partial charge in [-0.2, -0.15) is 16.8 Å². The van der Waals surface area contributed by atoms with Gasteiger partial charge in [-0.15, -0.1) is 0 Å². The summed E-state index contributed by atoms with van der Waals surface area (Å²) in [6.07, 6.45) is 0.618. The van der Waals surface area contributed by atoms with Crippen molar-refractivity contribution in [2.75, 3.05) is 5.43 Å². The molecule has 10 heteroatoms. The Morgan fingerprint density at radius 2 is 1.85 bits per heavy atom. The molecule has 1 aromatic carbocycles. The monoisotopic (exact) mass is 320 g/mol. The van der Waals surface area contributed by atoms with E-state index in [4.69, 9.17) is 10.4 Å². The van der Waals surface area contributed by atoms with Gasteiger partial charge in [0.05, 0.1) is 4.91 Å². The van der Waals surface area contributed by atoms with E-state index in [-0.39, 0.29) is 11.1 Å². The van der Waals surface area contributed by atoms with Crippen molar-refractivity contribution in [2.45, 2.75) is 11.7 Å². The molecule has 2 rings (SSSR count). The van der Waals surface area contributed by atoms with Crippen LogP contribution in [0, 0.1) is 0 Å². The van der Waals surface area contributed by atoms with Gasteiger partial charge in [0.15, 0.2) is 0 Å². The SMILES string of the molecule is NNc1ccc2c(c1)C=C(S(=O)(=O)O)CC2S(=O)(=O)O. The van der Waals surface area contributed by atoms with E-state index in [9.17, 15) is 21.4 Å². The van der Waals surface area contributed by atoms with Gasteiger partial charge in [-0.1, -0.05) is 6.07 Å². The molecule has 0 amide bonds. The van der Waals surface area contributed by atoms with Crippen LogP contribution < -0.4 is 11.3 Å². The van der Waals surface area contributed by atoms with Crippen molar-refractivity contribution in [1.82, 2.24) is 0 Å². The second kappa shape index (κ2) is 4.82. The third kappa shape index (κ3) is 2.83. The molecule has 0 saturated carbocycles. The molecule has 0 bridgehead atoms. The molecule has 0 spiro atoms. The van der Waals surface area contributed by atoms with Gasteiger partial charge in [0.2, 0.25) is 0 Å². The maximum Gasteiger partial charge on any atom is 0.290 e. The maximum absolute atomic E-state index is 11.4. The minimum Gasteiger partial charge on any atom is -0.324 e. The Hall–Kier alpha value is -1.46. The van der Waals surface area contributed by atoms with Crippen molar-refractivity contribution in [3.63, 3.8) is 0 Å². The number of rotatable bonds is 3. The molecule has 0 aliphatic heterocycles. The highest BCUT2D eigenvalue weighted by Gasteiger charge is 2.34. The molecule has 1 unspecified atom stereocenters. The summed E-state index contributed by atoms with van der Waals surface area (Å²) in [5.41, 5.74) is 3.23. The van der Waals surface area contributed by atoms with Crippen LogP contribution in [0.3, 0.4) is 0 Å². The standard InChI is InChI=1S/C10H12N2O6S2/c11-12-7-1-2-9-6(3-7)4-8(19(13,14)15)5-10(9)20(16,17)18/h1-4,10,12H,5,11H2,(H,13,14,15)(H,16,17,18). The Labute approximate surface area is 115 Å². The summed E-state index contributed by atoms with van der Waals surface area (Å²) >= 11 is 0. The van der Waals surface area contributed by atoms with Gasteiger partial charge in [-0.05, 0) is 29.3 Å². The summed E-state index contributed by atoms with van der Waals surface area (Å²) in [6, 6.07) is 4.32. The highest BCUT2D eigenvalue weighted by molar-refractivity contribution is 7.90. The van der Waals surface area contributed by atoms with E-state index >= 15 is 0 Å². The molecule has 0 aromatic heterocycles. The first-order chi connectivity index (χ1) is 9.13. The lowest BCUT2D eigenvalue weighted by Crippen LogP contribution is -2.20. The molecule has 1 aliphatic carbocycles. The third-order valence-corrected chi connectivity index (χ3v) is 5.08. The molecule has 0 heterocycles. The Kier molecular flexibility index (Phi) is 3.60. The minimum absolute atomic E-state index is 0.235. The van der Waals surface area contributed by atoms with E-state index in [1.807, 2.05) is 0 Å². The summed E-state index contributed by atoms with van der Waals surface area (Å²) in [6.45, 7) is 0. The molecule has 8 nitrogen and oxygen atoms in total. The number of allylic oxidation sites excluding steroid dienone is 1. The number of hydrogen-bond acceptors (Lipinski definition) is 6. The average Bonchev–Trinajstić information content (AvgIpc) is 2.34. The zero-order valence-corrected chi connectivity index (χ0v) is 11.6. The predicted octanol–water partition coefficient (Wildman–Crippen LogP) is 0.534. The maximum atomic E-state index is 11.4. The fraction of sp³-hybridized carbons (Fsp3) is 0.200. The van der Waals surface area contributed by atoms with Crippen molar-refractivity contribution in [2.24, 2.45) is 5.84 Å². The Balaban J connectivity index is 2.70. The number of nitrogen functional groups attached to an aromatic ring is 1. The van der Waals surface area contributed by atoms with E-state index in [0.717, 1.165) is 6.08 Å². The molecule has 0 radical (unpaired) electrons. The number of anilines is 1. The lowest BCUT2D eigenvalue weighted by molar-refractivity contribution is 0.466. The Bertz CT molecular complexity index is 782. The Morgan fingerprint density at radius 1 is 1.20 bits per heavy atom. The van der Waals surface area contributed by atoms with Crippen molar-refractivity contribution in [3.8, 4) is 0 Å². The topological polar surface area (TPSA) is 147 Å².